The molecule has 1 fully saturated rings. The number of rotatable bonds is 10. The Morgan fingerprint density at radius 1 is 1.32 bits per heavy atom. The molecule has 0 amide bonds. The minimum Gasteiger partial charge on any atom is -0.462 e. The van der Waals surface area contributed by atoms with Crippen molar-refractivity contribution in [3.8, 4) is 5.75 Å². The summed E-state index contributed by atoms with van der Waals surface area (Å²) in [7, 11) is -4.25. The molecule has 1 aliphatic rings. The van der Waals surface area contributed by atoms with Crippen molar-refractivity contribution in [3.05, 3.63) is 62.4 Å². The van der Waals surface area contributed by atoms with Crippen LogP contribution < -0.4 is 20.9 Å². The van der Waals surface area contributed by atoms with Crippen molar-refractivity contribution in [2.75, 3.05) is 6.61 Å². The Balaban J connectivity index is 1.80. The third-order valence-corrected chi connectivity index (χ3v) is 7.36. The predicted octanol–water partition coefficient (Wildman–Crippen LogP) is 2.75. The minimum absolute atomic E-state index is 0.00294. The van der Waals surface area contributed by atoms with E-state index in [0.29, 0.717) is 5.02 Å². The van der Waals surface area contributed by atoms with Gasteiger partial charge >= 0.3 is 19.4 Å². The average Bonchev–Trinajstić information content (AvgIpc) is 3.07. The van der Waals surface area contributed by atoms with Gasteiger partial charge in [-0.15, -0.1) is 0 Å². The fourth-order valence-electron chi connectivity index (χ4n) is 3.66. The molecule has 0 saturated carbocycles. The molecule has 0 radical (unpaired) electrons. The number of carbonyl (C=O) groups excluding carboxylic acids is 1. The molecule has 3 unspecified atom stereocenters. The normalized spacial score (nSPS) is 23.6. The highest BCUT2D eigenvalue weighted by Gasteiger charge is 2.47. The van der Waals surface area contributed by atoms with E-state index >= 15 is 0 Å². The number of hydrogen-bond acceptors (Lipinski definition) is 9. The topological polar surface area (TPSA) is 158 Å². The highest BCUT2D eigenvalue weighted by Crippen LogP contribution is 2.48. The first-order valence-electron chi connectivity index (χ1n) is 11.5. The molecule has 0 aliphatic carbocycles. The maximum Gasteiger partial charge on any atom is 0.459 e. The largest absolute Gasteiger partial charge is 0.462 e. The molecule has 1 saturated heterocycles. The molecular formula is C23H31ClN3O9P. The summed E-state index contributed by atoms with van der Waals surface area (Å²) in [6.07, 6.45) is -1.17. The Morgan fingerprint density at radius 2 is 1.97 bits per heavy atom. The average molecular weight is 560 g/mol. The van der Waals surface area contributed by atoms with Crippen LogP contribution in [0.5, 0.6) is 5.75 Å². The van der Waals surface area contributed by atoms with Gasteiger partial charge in [-0.1, -0.05) is 11.6 Å². The van der Waals surface area contributed by atoms with E-state index in [1.54, 1.807) is 13.8 Å². The second-order valence-corrected chi connectivity index (χ2v) is 11.8. The van der Waals surface area contributed by atoms with Crippen LogP contribution in [-0.2, 0) is 23.4 Å². The highest BCUT2D eigenvalue weighted by molar-refractivity contribution is 7.52. The van der Waals surface area contributed by atoms with Crippen molar-refractivity contribution in [2.45, 2.75) is 70.6 Å². The Morgan fingerprint density at radius 3 is 2.57 bits per heavy atom. The fourth-order valence-corrected chi connectivity index (χ4v) is 5.49. The standard InChI is InChI=1S/C23H31ClN3O9P/c1-14(2)34-20(29)22(3,4)26-37(32,36-16-8-6-15(24)7-9-16)33-13-17-12-23(5,31)19(35-17)27-11-10-18(28)25-21(27)30/h6-11,14,17,19,31H,12-13H2,1-5H3,(H,26,32)(H,25,28,30)/t17?,19?,23-,37?/m1/s1. The monoisotopic (exact) mass is 559 g/mol. The molecule has 1 aromatic carbocycles. The van der Waals surface area contributed by atoms with E-state index in [2.05, 4.69) is 10.1 Å². The number of benzene rings is 1. The van der Waals surface area contributed by atoms with Crippen molar-refractivity contribution < 1.29 is 33.0 Å². The van der Waals surface area contributed by atoms with E-state index in [1.807, 2.05) is 0 Å². The lowest BCUT2D eigenvalue weighted by Gasteiger charge is -2.30. The van der Waals surface area contributed by atoms with Crippen LogP contribution in [0, 0.1) is 0 Å². The summed E-state index contributed by atoms with van der Waals surface area (Å²) >= 11 is 5.92. The first kappa shape index (κ1) is 29.1. The molecule has 0 bridgehead atoms. The van der Waals surface area contributed by atoms with Crippen LogP contribution in [0.2, 0.25) is 5.02 Å². The van der Waals surface area contributed by atoms with Gasteiger partial charge in [0.2, 0.25) is 0 Å². The van der Waals surface area contributed by atoms with Crippen LogP contribution in [0.4, 0.5) is 0 Å². The van der Waals surface area contributed by atoms with Crippen LogP contribution in [0.15, 0.2) is 46.1 Å². The van der Waals surface area contributed by atoms with E-state index in [4.69, 9.17) is 30.1 Å². The van der Waals surface area contributed by atoms with Crippen molar-refractivity contribution in [1.29, 1.82) is 0 Å². The quantitative estimate of drug-likeness (QED) is 0.292. The summed E-state index contributed by atoms with van der Waals surface area (Å²) < 4.78 is 37.3. The van der Waals surface area contributed by atoms with Crippen molar-refractivity contribution >= 4 is 25.3 Å². The molecule has 2 aromatic rings. The van der Waals surface area contributed by atoms with Crippen molar-refractivity contribution in [2.24, 2.45) is 0 Å². The second kappa shape index (κ2) is 11.1. The number of hydrogen-bond donors (Lipinski definition) is 3. The van der Waals surface area contributed by atoms with Crippen LogP contribution in [0.1, 0.15) is 47.3 Å². The summed E-state index contributed by atoms with van der Waals surface area (Å²) in [5.74, 6) is -0.520. The van der Waals surface area contributed by atoms with Crippen molar-refractivity contribution in [1.82, 2.24) is 14.6 Å². The Bertz CT molecular complexity index is 1270. The van der Waals surface area contributed by atoms with E-state index in [-0.39, 0.29) is 18.8 Å². The third kappa shape index (κ3) is 7.53. The Kier molecular flexibility index (Phi) is 8.73. The SMILES string of the molecule is CC(C)OC(=O)C(C)(C)NP(=O)(OCC1C[C@@](C)(O)C(n2ccc(=O)[nH]c2=O)O1)Oc1ccc(Cl)cc1. The van der Waals surface area contributed by atoms with E-state index in [1.165, 1.54) is 51.2 Å². The Hall–Kier alpha value is -2.47. The second-order valence-electron chi connectivity index (χ2n) is 9.72. The third-order valence-electron chi connectivity index (χ3n) is 5.34. The number of ether oxygens (including phenoxy) is 2. The first-order chi connectivity index (χ1) is 17.1. The number of halogens is 1. The van der Waals surface area contributed by atoms with Gasteiger partial charge in [-0.25, -0.2) is 9.36 Å². The summed E-state index contributed by atoms with van der Waals surface area (Å²) in [5, 5.41) is 13.9. The van der Waals surface area contributed by atoms with Gasteiger partial charge in [-0.05, 0) is 58.9 Å². The van der Waals surface area contributed by atoms with Gasteiger partial charge in [-0.3, -0.25) is 23.7 Å². The molecule has 2 heterocycles. The number of nitrogens with one attached hydrogen (secondary N) is 2. The van der Waals surface area contributed by atoms with Crippen molar-refractivity contribution in [3.63, 3.8) is 0 Å². The maximum atomic E-state index is 13.8. The fraction of sp³-hybridized carbons (Fsp3) is 0.522. The number of carbonyl (C=O) groups is 1. The lowest BCUT2D eigenvalue weighted by molar-refractivity contribution is -0.153. The van der Waals surface area contributed by atoms with Gasteiger partial charge in [0.25, 0.3) is 5.56 Å². The number of aliphatic hydroxyl groups is 1. The number of aromatic amines is 1. The maximum absolute atomic E-state index is 13.8. The van der Waals surface area contributed by atoms with Gasteiger partial charge in [0.1, 0.15) is 16.9 Å². The number of esters is 1. The van der Waals surface area contributed by atoms with Crippen LogP contribution in [0.25, 0.3) is 0 Å². The van der Waals surface area contributed by atoms with Crippen LogP contribution >= 0.6 is 19.3 Å². The number of aromatic nitrogens is 2. The lowest BCUT2D eigenvalue weighted by atomic mass is 10.0. The lowest BCUT2D eigenvalue weighted by Crippen LogP contribution is -2.47. The summed E-state index contributed by atoms with van der Waals surface area (Å²) in [5.41, 5.74) is -4.35. The molecule has 4 atom stereocenters. The van der Waals surface area contributed by atoms with Gasteiger partial charge in [-0.2, -0.15) is 5.09 Å². The van der Waals surface area contributed by atoms with E-state index < -0.39 is 54.5 Å². The van der Waals surface area contributed by atoms with E-state index in [0.717, 1.165) is 10.6 Å². The van der Waals surface area contributed by atoms with Gasteiger partial charge in [0, 0.05) is 23.7 Å². The molecule has 37 heavy (non-hydrogen) atoms. The smallest absolute Gasteiger partial charge is 0.459 e. The zero-order chi connectivity index (χ0) is 27.6. The molecule has 0 spiro atoms. The first-order valence-corrected chi connectivity index (χ1v) is 13.4. The summed E-state index contributed by atoms with van der Waals surface area (Å²) in [4.78, 5) is 38.3. The zero-order valence-electron chi connectivity index (χ0n) is 21.1. The highest BCUT2D eigenvalue weighted by atomic mass is 35.5. The van der Waals surface area contributed by atoms with Gasteiger partial charge in [0.15, 0.2) is 6.23 Å². The summed E-state index contributed by atoms with van der Waals surface area (Å²) in [6, 6.07) is 7.15. The molecule has 3 rings (SSSR count). The molecule has 3 N–H and O–H groups in total. The molecular weight excluding hydrogens is 529 g/mol. The van der Waals surface area contributed by atoms with E-state index in [9.17, 15) is 24.1 Å². The molecule has 12 nitrogen and oxygen atoms in total. The number of nitrogens with zero attached hydrogens (tertiary/aromatic N) is 1. The predicted molar refractivity (Wildman–Crippen MR) is 135 cm³/mol. The van der Waals surface area contributed by atoms with Gasteiger partial charge in [0.05, 0.1) is 18.8 Å². The minimum atomic E-state index is -4.25. The van der Waals surface area contributed by atoms with Crippen LogP contribution in [-0.4, -0.2) is 50.6 Å². The molecule has 1 aliphatic heterocycles. The molecule has 204 valence electrons. The van der Waals surface area contributed by atoms with Crippen LogP contribution in [0.3, 0.4) is 0 Å². The Labute approximate surface area is 218 Å². The summed E-state index contributed by atoms with van der Waals surface area (Å²) in [6.45, 7) is 7.42. The molecule has 1 aromatic heterocycles. The number of H-pyrrole nitrogens is 1. The zero-order valence-corrected chi connectivity index (χ0v) is 22.7. The molecule has 14 heteroatoms. The van der Waals surface area contributed by atoms with Gasteiger partial charge < -0.3 is 19.1 Å².